The Labute approximate surface area is 136 Å². The topological polar surface area (TPSA) is 34.1 Å². The van der Waals surface area contributed by atoms with Crippen LogP contribution in [-0.4, -0.2) is 12.0 Å². The molecule has 21 heavy (non-hydrogen) atoms. The molecule has 1 unspecified atom stereocenters. The fourth-order valence-corrected chi connectivity index (χ4v) is 2.65. The van der Waals surface area contributed by atoms with Gasteiger partial charge in [0.2, 0.25) is 0 Å². The van der Waals surface area contributed by atoms with Crippen molar-refractivity contribution in [3.8, 4) is 11.5 Å². The molecule has 1 N–H and O–H groups in total. The molecular weight excluding hydrogens is 359 g/mol. The number of rotatable bonds is 5. The average Bonchev–Trinajstić information content (AvgIpc) is 2.48. The predicted octanol–water partition coefficient (Wildman–Crippen LogP) is 5.10. The first-order valence-electron chi connectivity index (χ1n) is 6.50. The lowest BCUT2D eigenvalue weighted by Gasteiger charge is -2.14. The lowest BCUT2D eigenvalue weighted by atomic mass is 10.1. The highest BCUT2D eigenvalue weighted by molar-refractivity contribution is 9.10. The summed E-state index contributed by atoms with van der Waals surface area (Å²) in [6.45, 7) is 2.08. The second kappa shape index (κ2) is 7.20. The third kappa shape index (κ3) is 3.93. The van der Waals surface area contributed by atoms with E-state index in [4.69, 9.17) is 16.3 Å². The van der Waals surface area contributed by atoms with E-state index in [-0.39, 0.29) is 11.1 Å². The number of ether oxygens (including phenoxy) is 1. The second-order valence-corrected chi connectivity index (χ2v) is 5.73. The molecule has 0 amide bonds. The van der Waals surface area contributed by atoms with E-state index in [1.54, 1.807) is 12.3 Å². The molecule has 1 aromatic carbocycles. The Bertz CT molecular complexity index is 618. The van der Waals surface area contributed by atoms with Crippen LogP contribution in [0.3, 0.4) is 0 Å². The van der Waals surface area contributed by atoms with E-state index in [0.29, 0.717) is 16.0 Å². The van der Waals surface area contributed by atoms with E-state index in [9.17, 15) is 4.39 Å². The molecule has 1 aromatic heterocycles. The van der Waals surface area contributed by atoms with E-state index >= 15 is 0 Å². The maximum atomic E-state index is 13.5. The Balaban J connectivity index is 2.19. The van der Waals surface area contributed by atoms with Gasteiger partial charge < -0.3 is 10.1 Å². The average molecular weight is 374 g/mol. The molecule has 112 valence electrons. The summed E-state index contributed by atoms with van der Waals surface area (Å²) in [6, 6.07) is 6.60. The highest BCUT2D eigenvalue weighted by Gasteiger charge is 2.11. The summed E-state index contributed by atoms with van der Waals surface area (Å²) in [5, 5.41) is 3.23. The zero-order chi connectivity index (χ0) is 15.4. The van der Waals surface area contributed by atoms with Crippen molar-refractivity contribution in [1.82, 2.24) is 10.3 Å². The lowest BCUT2D eigenvalue weighted by Crippen LogP contribution is -2.16. The van der Waals surface area contributed by atoms with E-state index < -0.39 is 5.82 Å². The number of hydrogen-bond donors (Lipinski definition) is 1. The van der Waals surface area contributed by atoms with Gasteiger partial charge in [0.05, 0.1) is 21.4 Å². The summed E-state index contributed by atoms with van der Waals surface area (Å²) >= 11 is 8.99. The molecule has 0 aliphatic heterocycles. The van der Waals surface area contributed by atoms with Crippen LogP contribution in [0.25, 0.3) is 0 Å². The normalized spacial score (nSPS) is 12.2. The standard InChI is InChI=1S/C15H15BrClFN2O/c1-3-13(19-2)14-5-4-9(8-20-14)21-15-7-12(18)11(17)6-10(15)16/h4-8,13,19H,3H2,1-2H3. The van der Waals surface area contributed by atoms with Gasteiger partial charge in [0, 0.05) is 12.1 Å². The van der Waals surface area contributed by atoms with Gasteiger partial charge >= 0.3 is 0 Å². The van der Waals surface area contributed by atoms with Crippen molar-refractivity contribution in [3.05, 3.63) is 51.5 Å². The minimum absolute atomic E-state index is 0.0440. The number of pyridine rings is 1. The van der Waals surface area contributed by atoms with Crippen LogP contribution in [-0.2, 0) is 0 Å². The molecule has 0 aliphatic rings. The van der Waals surface area contributed by atoms with Gasteiger partial charge in [0.25, 0.3) is 0 Å². The zero-order valence-corrected chi connectivity index (χ0v) is 14.0. The van der Waals surface area contributed by atoms with Crippen LogP contribution in [0.1, 0.15) is 25.1 Å². The summed E-state index contributed by atoms with van der Waals surface area (Å²) in [4.78, 5) is 4.36. The number of nitrogens with one attached hydrogen (secondary N) is 1. The van der Waals surface area contributed by atoms with Crippen LogP contribution in [0.2, 0.25) is 5.02 Å². The third-order valence-electron chi connectivity index (χ3n) is 3.08. The van der Waals surface area contributed by atoms with Gasteiger partial charge in [-0.2, -0.15) is 0 Å². The van der Waals surface area contributed by atoms with Crippen molar-refractivity contribution in [1.29, 1.82) is 0 Å². The van der Waals surface area contributed by atoms with Gasteiger partial charge in [-0.25, -0.2) is 4.39 Å². The minimum Gasteiger partial charge on any atom is -0.454 e. The Morgan fingerprint density at radius 2 is 2.19 bits per heavy atom. The van der Waals surface area contributed by atoms with Crippen LogP contribution in [0, 0.1) is 5.82 Å². The van der Waals surface area contributed by atoms with Crippen molar-refractivity contribution < 1.29 is 9.13 Å². The quantitative estimate of drug-likeness (QED) is 0.740. The molecule has 1 atom stereocenters. The molecule has 0 saturated carbocycles. The Morgan fingerprint density at radius 3 is 2.76 bits per heavy atom. The molecule has 0 aliphatic carbocycles. The van der Waals surface area contributed by atoms with Crippen LogP contribution in [0.5, 0.6) is 11.5 Å². The molecule has 6 heteroatoms. The fourth-order valence-electron chi connectivity index (χ4n) is 1.93. The highest BCUT2D eigenvalue weighted by atomic mass is 79.9. The Hall–Kier alpha value is -1.17. The van der Waals surface area contributed by atoms with Gasteiger partial charge in [-0.1, -0.05) is 18.5 Å². The summed E-state index contributed by atoms with van der Waals surface area (Å²) in [5.74, 6) is 0.361. The SMILES string of the molecule is CCC(NC)c1ccc(Oc2cc(F)c(Cl)cc2Br)cn1. The predicted molar refractivity (Wildman–Crippen MR) is 85.5 cm³/mol. The van der Waals surface area contributed by atoms with Gasteiger partial charge in [-0.15, -0.1) is 0 Å². The van der Waals surface area contributed by atoms with Crippen LogP contribution in [0.15, 0.2) is 34.9 Å². The summed E-state index contributed by atoms with van der Waals surface area (Å²) in [5.41, 5.74) is 0.939. The first-order valence-corrected chi connectivity index (χ1v) is 7.67. The van der Waals surface area contributed by atoms with E-state index in [0.717, 1.165) is 12.1 Å². The van der Waals surface area contributed by atoms with Gasteiger partial charge in [0.15, 0.2) is 0 Å². The number of halogens is 3. The molecule has 0 fully saturated rings. The van der Waals surface area contributed by atoms with E-state index in [1.807, 2.05) is 13.1 Å². The Morgan fingerprint density at radius 1 is 1.43 bits per heavy atom. The number of nitrogens with zero attached hydrogens (tertiary/aromatic N) is 1. The van der Waals surface area contributed by atoms with Crippen LogP contribution in [0.4, 0.5) is 4.39 Å². The molecule has 2 rings (SSSR count). The summed E-state index contributed by atoms with van der Waals surface area (Å²) in [7, 11) is 1.90. The first-order chi connectivity index (χ1) is 10.0. The monoisotopic (exact) mass is 372 g/mol. The zero-order valence-electron chi connectivity index (χ0n) is 11.7. The highest BCUT2D eigenvalue weighted by Crippen LogP contribution is 2.33. The molecular formula is C15H15BrClFN2O. The maximum Gasteiger partial charge on any atom is 0.145 e. The molecule has 3 nitrogen and oxygen atoms in total. The first kappa shape index (κ1) is 16.2. The molecule has 0 spiro atoms. The number of benzene rings is 1. The molecule has 0 bridgehead atoms. The minimum atomic E-state index is -0.527. The van der Waals surface area contributed by atoms with Crippen molar-refractivity contribution in [2.75, 3.05) is 7.05 Å². The fraction of sp³-hybridized carbons (Fsp3) is 0.267. The van der Waals surface area contributed by atoms with Gasteiger partial charge in [0.1, 0.15) is 17.3 Å². The molecule has 1 heterocycles. The van der Waals surface area contributed by atoms with E-state index in [1.165, 1.54) is 12.1 Å². The summed E-state index contributed by atoms with van der Waals surface area (Å²) in [6.07, 6.45) is 2.56. The smallest absolute Gasteiger partial charge is 0.145 e. The van der Waals surface area contributed by atoms with Crippen LogP contribution < -0.4 is 10.1 Å². The third-order valence-corrected chi connectivity index (χ3v) is 3.98. The van der Waals surface area contributed by atoms with Gasteiger partial charge in [-0.05, 0) is 47.6 Å². The van der Waals surface area contributed by atoms with Crippen molar-refractivity contribution >= 4 is 27.5 Å². The molecule has 2 aromatic rings. The Kier molecular flexibility index (Phi) is 5.56. The number of hydrogen-bond acceptors (Lipinski definition) is 3. The molecule has 0 radical (unpaired) electrons. The summed E-state index contributed by atoms with van der Waals surface area (Å²) < 4.78 is 19.7. The maximum absolute atomic E-state index is 13.5. The molecule has 0 saturated heterocycles. The van der Waals surface area contributed by atoms with Crippen molar-refractivity contribution in [3.63, 3.8) is 0 Å². The van der Waals surface area contributed by atoms with Crippen molar-refractivity contribution in [2.24, 2.45) is 0 Å². The van der Waals surface area contributed by atoms with Crippen LogP contribution >= 0.6 is 27.5 Å². The lowest BCUT2D eigenvalue weighted by molar-refractivity contribution is 0.469. The largest absolute Gasteiger partial charge is 0.454 e. The second-order valence-electron chi connectivity index (χ2n) is 4.47. The van der Waals surface area contributed by atoms with Crippen molar-refractivity contribution in [2.45, 2.75) is 19.4 Å². The van der Waals surface area contributed by atoms with Gasteiger partial charge in [-0.3, -0.25) is 4.98 Å². The number of aromatic nitrogens is 1. The van der Waals surface area contributed by atoms with E-state index in [2.05, 4.69) is 33.2 Å².